The highest BCUT2D eigenvalue weighted by atomic mass is 28.3. The molecule has 250 valence electrons. The number of fused-ring (bicyclic) bond motifs is 2. The zero-order valence-corrected chi connectivity index (χ0v) is 29.6. The smallest absolute Gasteiger partial charge is 0.182 e. The molecule has 2 N–H and O–H groups in total. The maximum Gasteiger partial charge on any atom is 0.182 e. The van der Waals surface area contributed by atoms with Gasteiger partial charge in [-0.05, 0) is 69.7 Å². The highest BCUT2D eigenvalue weighted by Crippen LogP contribution is 2.55. The highest BCUT2D eigenvalue weighted by molar-refractivity contribution is 6.96. The van der Waals surface area contributed by atoms with Gasteiger partial charge in [0.05, 0.1) is 10.6 Å². The summed E-state index contributed by atoms with van der Waals surface area (Å²) in [6.45, 7) is 4.64. The van der Waals surface area contributed by atoms with Gasteiger partial charge in [-0.3, -0.25) is 10.9 Å². The van der Waals surface area contributed by atoms with Crippen LogP contribution < -0.4 is 20.5 Å². The fourth-order valence-corrected chi connectivity index (χ4v) is 12.3. The standard InChI is InChI=1S/C44H38N4O2Si/c1-3-51(4-2)43(47-45-37-29-35(25-27-39(37)49-47)31-17-9-5-10-18-31)41(33-21-13-7-14-22-33)42(34-23-15-8-16-24-34)44(51)48-46-38-30-36(26-28-40(38)50-48)32-19-11-6-12-20-32/h5-30,45-46H,3-4H2,1-2H3. The monoisotopic (exact) mass is 682 g/mol. The average molecular weight is 683 g/mol. The lowest BCUT2D eigenvalue weighted by Crippen LogP contribution is -2.51. The Bertz CT molecular complexity index is 2130. The molecule has 51 heavy (non-hydrogen) atoms. The lowest BCUT2D eigenvalue weighted by Gasteiger charge is -2.37. The lowest BCUT2D eigenvalue weighted by molar-refractivity contribution is 0.0273. The van der Waals surface area contributed by atoms with Gasteiger partial charge >= 0.3 is 0 Å². The first kappa shape index (κ1) is 30.8. The van der Waals surface area contributed by atoms with Gasteiger partial charge in [0, 0.05) is 11.1 Å². The van der Waals surface area contributed by atoms with E-state index in [1.807, 2.05) is 22.5 Å². The van der Waals surface area contributed by atoms with Crippen molar-refractivity contribution < 1.29 is 9.68 Å². The van der Waals surface area contributed by atoms with Crippen LogP contribution in [-0.4, -0.2) is 18.4 Å². The SMILES string of the molecule is CC[Si]1(CC)C(N2Nc3cc(-c4ccccc4)ccc3O2)=C(c2ccccc2)C(c2ccccc2)=C1N1Nc2cc(-c3ccccc3)ccc2O1. The van der Waals surface area contributed by atoms with Gasteiger partial charge in [0.1, 0.15) is 11.4 Å². The maximum absolute atomic E-state index is 6.81. The predicted octanol–water partition coefficient (Wildman–Crippen LogP) is 11.0. The number of hydrazine groups is 2. The Labute approximate surface area is 299 Å². The minimum Gasteiger partial charge on any atom is -0.358 e. The molecule has 0 unspecified atom stereocenters. The van der Waals surface area contributed by atoms with Crippen LogP contribution >= 0.6 is 0 Å². The number of rotatable bonds is 8. The molecule has 3 heterocycles. The average Bonchev–Trinajstić information content (AvgIpc) is 3.90. The summed E-state index contributed by atoms with van der Waals surface area (Å²) >= 11 is 0. The minimum atomic E-state index is -2.66. The summed E-state index contributed by atoms with van der Waals surface area (Å²) in [6, 6.07) is 57.0. The van der Waals surface area contributed by atoms with Gasteiger partial charge in [0.15, 0.2) is 19.6 Å². The maximum atomic E-state index is 6.81. The quantitative estimate of drug-likeness (QED) is 0.156. The van der Waals surface area contributed by atoms with Crippen molar-refractivity contribution in [1.82, 2.24) is 10.3 Å². The zero-order chi connectivity index (χ0) is 34.4. The van der Waals surface area contributed by atoms with Crippen molar-refractivity contribution >= 4 is 30.6 Å². The number of nitrogens with one attached hydrogen (secondary N) is 2. The summed E-state index contributed by atoms with van der Waals surface area (Å²) in [7, 11) is -2.66. The molecule has 7 heteroatoms. The molecule has 6 aromatic rings. The van der Waals surface area contributed by atoms with Gasteiger partial charge in [-0.15, -0.1) is 10.3 Å². The molecule has 0 spiro atoms. The molecule has 0 amide bonds. The van der Waals surface area contributed by atoms with E-state index >= 15 is 0 Å². The van der Waals surface area contributed by atoms with E-state index in [-0.39, 0.29) is 0 Å². The molecule has 0 bridgehead atoms. The van der Waals surface area contributed by atoms with Crippen LogP contribution in [0.2, 0.25) is 12.1 Å². The van der Waals surface area contributed by atoms with Crippen LogP contribution in [0.4, 0.5) is 11.4 Å². The van der Waals surface area contributed by atoms with E-state index in [4.69, 9.17) is 9.68 Å². The normalized spacial score (nSPS) is 15.6. The van der Waals surface area contributed by atoms with Crippen molar-refractivity contribution in [3.8, 4) is 33.8 Å². The number of nitrogens with zero attached hydrogens (tertiary/aromatic N) is 2. The van der Waals surface area contributed by atoms with Gasteiger partial charge in [0.2, 0.25) is 0 Å². The Morgan fingerprint density at radius 1 is 0.431 bits per heavy atom. The van der Waals surface area contributed by atoms with E-state index in [9.17, 15) is 0 Å². The van der Waals surface area contributed by atoms with Crippen LogP contribution in [0.3, 0.4) is 0 Å². The summed E-state index contributed by atoms with van der Waals surface area (Å²) < 4.78 is 0. The first-order valence-electron chi connectivity index (χ1n) is 17.7. The number of hydrogen-bond donors (Lipinski definition) is 2. The number of hydroxylamine groups is 2. The van der Waals surface area contributed by atoms with Crippen molar-refractivity contribution in [3.05, 3.63) is 179 Å². The Hall–Kier alpha value is -6.18. The molecule has 0 fully saturated rings. The molecule has 0 radical (unpaired) electrons. The summed E-state index contributed by atoms with van der Waals surface area (Å²) in [4.78, 5) is 13.6. The summed E-state index contributed by atoms with van der Waals surface area (Å²) in [5.74, 6) is 1.60. The van der Waals surface area contributed by atoms with E-state index < -0.39 is 8.07 Å². The Kier molecular flexibility index (Phi) is 7.63. The van der Waals surface area contributed by atoms with E-state index in [1.54, 1.807) is 0 Å². The summed E-state index contributed by atoms with van der Waals surface area (Å²) in [5, 5.41) is 6.29. The fourth-order valence-electron chi connectivity index (χ4n) is 7.79. The van der Waals surface area contributed by atoms with Crippen LogP contribution in [0.15, 0.2) is 168 Å². The fraction of sp³-hybridized carbons (Fsp3) is 0.0909. The van der Waals surface area contributed by atoms with Crippen molar-refractivity contribution in [2.24, 2.45) is 0 Å². The molecular weight excluding hydrogens is 645 g/mol. The Balaban J connectivity index is 1.20. The molecule has 3 aliphatic heterocycles. The molecule has 0 saturated heterocycles. The molecule has 0 aliphatic carbocycles. The number of anilines is 2. The van der Waals surface area contributed by atoms with Crippen LogP contribution in [0.1, 0.15) is 25.0 Å². The van der Waals surface area contributed by atoms with Crippen LogP contribution in [-0.2, 0) is 0 Å². The third kappa shape index (κ3) is 5.16. The van der Waals surface area contributed by atoms with E-state index in [0.717, 1.165) is 68.4 Å². The molecule has 3 aliphatic rings. The van der Waals surface area contributed by atoms with Crippen molar-refractivity contribution in [2.75, 3.05) is 10.9 Å². The summed E-state index contributed by atoms with van der Waals surface area (Å²) in [5.41, 5.74) is 18.5. The van der Waals surface area contributed by atoms with Crippen LogP contribution in [0, 0.1) is 0 Å². The Morgan fingerprint density at radius 2 is 0.784 bits per heavy atom. The molecular formula is C44H38N4O2Si. The van der Waals surface area contributed by atoms with Gasteiger partial charge in [0.25, 0.3) is 0 Å². The van der Waals surface area contributed by atoms with E-state index in [1.165, 1.54) is 21.8 Å². The number of allylic oxidation sites excluding steroid dienone is 2. The molecule has 6 aromatic carbocycles. The van der Waals surface area contributed by atoms with E-state index in [0.29, 0.717) is 0 Å². The van der Waals surface area contributed by atoms with Gasteiger partial charge in [-0.25, -0.2) is 0 Å². The molecule has 6 nitrogen and oxygen atoms in total. The third-order valence-electron chi connectivity index (χ3n) is 10.4. The van der Waals surface area contributed by atoms with Crippen molar-refractivity contribution in [3.63, 3.8) is 0 Å². The van der Waals surface area contributed by atoms with Crippen molar-refractivity contribution in [2.45, 2.75) is 25.9 Å². The molecule has 0 aromatic heterocycles. The first-order chi connectivity index (χ1) is 25.2. The third-order valence-corrected chi connectivity index (χ3v) is 15.5. The summed E-state index contributed by atoms with van der Waals surface area (Å²) in [6.07, 6.45) is 0. The molecule has 0 atom stereocenters. The zero-order valence-electron chi connectivity index (χ0n) is 28.6. The predicted molar refractivity (Wildman–Crippen MR) is 209 cm³/mol. The lowest BCUT2D eigenvalue weighted by atomic mass is 9.94. The number of benzene rings is 6. The second-order valence-electron chi connectivity index (χ2n) is 13.1. The highest BCUT2D eigenvalue weighted by Gasteiger charge is 2.55. The second kappa shape index (κ2) is 12.6. The second-order valence-corrected chi connectivity index (χ2v) is 17.6. The van der Waals surface area contributed by atoms with Gasteiger partial charge in [-0.1, -0.05) is 147 Å². The van der Waals surface area contributed by atoms with Crippen molar-refractivity contribution in [1.29, 1.82) is 0 Å². The number of hydrogen-bond acceptors (Lipinski definition) is 6. The largest absolute Gasteiger partial charge is 0.358 e. The Morgan fingerprint density at radius 3 is 1.14 bits per heavy atom. The molecule has 9 rings (SSSR count). The first-order valence-corrected chi connectivity index (χ1v) is 20.1. The van der Waals surface area contributed by atoms with Gasteiger partial charge < -0.3 is 9.68 Å². The van der Waals surface area contributed by atoms with Gasteiger partial charge in [-0.2, -0.15) is 0 Å². The van der Waals surface area contributed by atoms with Crippen LogP contribution in [0.25, 0.3) is 33.4 Å². The van der Waals surface area contributed by atoms with E-state index in [2.05, 4.69) is 170 Å². The minimum absolute atomic E-state index is 0.802. The molecule has 0 saturated carbocycles. The van der Waals surface area contributed by atoms with Crippen LogP contribution in [0.5, 0.6) is 11.5 Å². The topological polar surface area (TPSA) is 49.0 Å².